The lowest BCUT2D eigenvalue weighted by Gasteiger charge is -2.43. The number of hydrogen-bond acceptors (Lipinski definition) is 2. The molecule has 0 radical (unpaired) electrons. The summed E-state index contributed by atoms with van der Waals surface area (Å²) in [7, 11) is -2.63. The Hall–Kier alpha value is -2.85. The van der Waals surface area contributed by atoms with E-state index in [-0.39, 0.29) is 5.04 Å². The van der Waals surface area contributed by atoms with Crippen LogP contribution in [0.3, 0.4) is 0 Å². The Labute approximate surface area is 161 Å². The van der Waals surface area contributed by atoms with E-state index in [1.165, 1.54) is 10.4 Å². The highest BCUT2D eigenvalue weighted by Crippen LogP contribution is 2.38. The fraction of sp³-hybridized carbons (Fsp3) is 0.174. The summed E-state index contributed by atoms with van der Waals surface area (Å²) in [6.07, 6.45) is 1.84. The molecule has 1 heterocycles. The Bertz CT molecular complexity index is 997. The van der Waals surface area contributed by atoms with Gasteiger partial charge in [0.25, 0.3) is 0 Å². The maximum absolute atomic E-state index is 7.08. The number of fused-ring (bicyclic) bond motifs is 1. The predicted molar refractivity (Wildman–Crippen MR) is 114 cm³/mol. The second-order valence-electron chi connectivity index (χ2n) is 7.86. The lowest BCUT2D eigenvalue weighted by atomic mass is 10.2. The molecular weight excluding hydrogens is 348 g/mol. The molecule has 27 heavy (non-hydrogen) atoms. The van der Waals surface area contributed by atoms with Gasteiger partial charge in [-0.05, 0) is 21.5 Å². The van der Waals surface area contributed by atoms with E-state index in [4.69, 9.17) is 4.43 Å². The number of rotatable bonds is 4. The molecule has 1 aromatic heterocycles. The van der Waals surface area contributed by atoms with Crippen LogP contribution in [0.2, 0.25) is 5.04 Å². The van der Waals surface area contributed by atoms with Crippen molar-refractivity contribution in [2.75, 3.05) is 0 Å². The van der Waals surface area contributed by atoms with Gasteiger partial charge in [0, 0.05) is 5.39 Å². The molecule has 4 aromatic rings. The van der Waals surface area contributed by atoms with Crippen molar-refractivity contribution in [3.05, 3.63) is 85.1 Å². The second-order valence-corrected chi connectivity index (χ2v) is 12.1. The molecule has 0 aliphatic heterocycles. The van der Waals surface area contributed by atoms with Gasteiger partial charge < -0.3 is 4.43 Å². The summed E-state index contributed by atoms with van der Waals surface area (Å²) in [5.74, 6) is 0.860. The van der Waals surface area contributed by atoms with E-state index < -0.39 is 8.32 Å². The zero-order chi connectivity index (χ0) is 18.9. The van der Waals surface area contributed by atoms with Gasteiger partial charge in [-0.15, -0.1) is 0 Å². The number of aromatic nitrogens is 2. The van der Waals surface area contributed by atoms with Crippen molar-refractivity contribution in [3.63, 3.8) is 0 Å². The molecule has 0 spiro atoms. The molecular formula is C23H24N2OSi. The molecule has 0 fully saturated rings. The standard InChI is InChI=1S/C23H24N2OSi/c1-23(2,3)27(19-12-6-4-7-13-19,20-14-8-5-9-15-20)26-21-16-10-11-18-17-24-25-22(18)21/h4-17H,1-3H3,(H,24,25). The molecule has 0 aliphatic rings. The van der Waals surface area contributed by atoms with Crippen molar-refractivity contribution in [1.29, 1.82) is 0 Å². The van der Waals surface area contributed by atoms with Gasteiger partial charge in [-0.2, -0.15) is 5.10 Å². The molecule has 3 aromatic carbocycles. The maximum Gasteiger partial charge on any atom is 0.320 e. The molecule has 1 N–H and O–H groups in total. The minimum absolute atomic E-state index is 0.0715. The molecule has 0 saturated carbocycles. The van der Waals surface area contributed by atoms with Crippen LogP contribution in [-0.2, 0) is 0 Å². The number of para-hydroxylation sites is 1. The van der Waals surface area contributed by atoms with Crippen molar-refractivity contribution in [3.8, 4) is 5.75 Å². The van der Waals surface area contributed by atoms with Gasteiger partial charge in [0.2, 0.25) is 0 Å². The fourth-order valence-electron chi connectivity index (χ4n) is 3.84. The van der Waals surface area contributed by atoms with Crippen LogP contribution in [0, 0.1) is 0 Å². The summed E-state index contributed by atoms with van der Waals surface area (Å²) in [5, 5.41) is 10.8. The van der Waals surface area contributed by atoms with E-state index in [0.29, 0.717) is 0 Å². The quantitative estimate of drug-likeness (QED) is 0.536. The first kappa shape index (κ1) is 17.6. The van der Waals surface area contributed by atoms with Gasteiger partial charge in [0.05, 0.1) is 6.20 Å². The number of H-pyrrole nitrogens is 1. The van der Waals surface area contributed by atoms with Crippen molar-refractivity contribution >= 4 is 29.6 Å². The van der Waals surface area contributed by atoms with E-state index in [9.17, 15) is 0 Å². The molecule has 0 amide bonds. The third-order valence-corrected chi connectivity index (χ3v) is 10.0. The first-order valence-corrected chi connectivity index (χ1v) is 11.2. The van der Waals surface area contributed by atoms with Crippen LogP contribution in [0.5, 0.6) is 5.75 Å². The van der Waals surface area contributed by atoms with E-state index in [1.54, 1.807) is 0 Å². The van der Waals surface area contributed by atoms with Gasteiger partial charge >= 0.3 is 8.32 Å². The highest BCUT2D eigenvalue weighted by molar-refractivity contribution is 7.00. The first-order valence-electron chi connectivity index (χ1n) is 9.24. The number of aromatic amines is 1. The average Bonchev–Trinajstić information content (AvgIpc) is 3.16. The number of nitrogens with zero attached hydrogens (tertiary/aromatic N) is 1. The Morgan fingerprint density at radius 3 is 1.93 bits per heavy atom. The Morgan fingerprint density at radius 1 is 0.778 bits per heavy atom. The molecule has 4 rings (SSSR count). The van der Waals surface area contributed by atoms with Gasteiger partial charge in [0.15, 0.2) is 0 Å². The van der Waals surface area contributed by atoms with Gasteiger partial charge in [-0.25, -0.2) is 0 Å². The van der Waals surface area contributed by atoms with Crippen LogP contribution in [0.4, 0.5) is 0 Å². The fourth-order valence-corrected chi connectivity index (χ4v) is 8.27. The predicted octanol–water partition coefficient (Wildman–Crippen LogP) is 4.50. The third-order valence-electron chi connectivity index (χ3n) is 5.12. The zero-order valence-corrected chi connectivity index (χ0v) is 16.9. The molecule has 0 saturated heterocycles. The smallest absolute Gasteiger partial charge is 0.320 e. The van der Waals surface area contributed by atoms with Gasteiger partial charge in [-0.1, -0.05) is 93.6 Å². The van der Waals surface area contributed by atoms with Crippen LogP contribution in [0.1, 0.15) is 20.8 Å². The van der Waals surface area contributed by atoms with Crippen LogP contribution >= 0.6 is 0 Å². The van der Waals surface area contributed by atoms with Crippen molar-refractivity contribution < 1.29 is 4.43 Å². The Balaban J connectivity index is 1.99. The van der Waals surface area contributed by atoms with Gasteiger partial charge in [-0.3, -0.25) is 5.10 Å². The minimum Gasteiger partial charge on any atom is -0.533 e. The van der Waals surface area contributed by atoms with Gasteiger partial charge in [0.1, 0.15) is 11.3 Å². The highest BCUT2D eigenvalue weighted by atomic mass is 28.4. The summed E-state index contributed by atoms with van der Waals surface area (Å²) in [6, 6.07) is 27.5. The normalized spacial score (nSPS) is 12.3. The highest BCUT2D eigenvalue weighted by Gasteiger charge is 2.52. The van der Waals surface area contributed by atoms with E-state index in [2.05, 4.69) is 97.7 Å². The number of benzene rings is 3. The van der Waals surface area contributed by atoms with Crippen LogP contribution in [0.25, 0.3) is 10.9 Å². The SMILES string of the molecule is CC(C)(C)[Si](Oc1cccc2cn[nH]c12)(c1ccccc1)c1ccccc1. The number of hydrogen-bond donors (Lipinski definition) is 1. The van der Waals surface area contributed by atoms with E-state index in [1.807, 2.05) is 18.3 Å². The molecule has 0 unspecified atom stereocenters. The second kappa shape index (κ2) is 6.71. The molecule has 3 nitrogen and oxygen atoms in total. The summed E-state index contributed by atoms with van der Waals surface area (Å²) in [4.78, 5) is 0. The summed E-state index contributed by atoms with van der Waals surface area (Å²) in [6.45, 7) is 6.85. The largest absolute Gasteiger partial charge is 0.533 e. The molecule has 4 heteroatoms. The van der Waals surface area contributed by atoms with Crippen molar-refractivity contribution in [2.24, 2.45) is 0 Å². The van der Waals surface area contributed by atoms with Crippen LogP contribution in [0.15, 0.2) is 85.1 Å². The maximum atomic E-state index is 7.08. The average molecular weight is 373 g/mol. The lowest BCUT2D eigenvalue weighted by Crippen LogP contribution is -2.68. The zero-order valence-electron chi connectivity index (χ0n) is 15.9. The molecule has 136 valence electrons. The summed E-state index contributed by atoms with van der Waals surface area (Å²) < 4.78 is 7.08. The third kappa shape index (κ3) is 2.96. The molecule has 0 bridgehead atoms. The minimum atomic E-state index is -2.63. The first-order chi connectivity index (χ1) is 13.0. The lowest BCUT2D eigenvalue weighted by molar-refractivity contribution is 0.511. The van der Waals surface area contributed by atoms with E-state index in [0.717, 1.165) is 16.7 Å². The number of nitrogens with one attached hydrogen (secondary N) is 1. The van der Waals surface area contributed by atoms with Crippen LogP contribution in [-0.4, -0.2) is 18.5 Å². The van der Waals surface area contributed by atoms with E-state index >= 15 is 0 Å². The summed E-state index contributed by atoms with van der Waals surface area (Å²) in [5.41, 5.74) is 0.950. The van der Waals surface area contributed by atoms with Crippen LogP contribution < -0.4 is 14.8 Å². The van der Waals surface area contributed by atoms with Crippen molar-refractivity contribution in [2.45, 2.75) is 25.8 Å². The monoisotopic (exact) mass is 372 g/mol. The Kier molecular flexibility index (Phi) is 4.36. The Morgan fingerprint density at radius 2 is 1.37 bits per heavy atom. The van der Waals surface area contributed by atoms with Crippen molar-refractivity contribution in [1.82, 2.24) is 10.2 Å². The molecule has 0 aliphatic carbocycles. The summed E-state index contributed by atoms with van der Waals surface area (Å²) >= 11 is 0. The molecule has 0 atom stereocenters. The topological polar surface area (TPSA) is 37.9 Å².